The minimum atomic E-state index is -0.668. The fourth-order valence-electron chi connectivity index (χ4n) is 2.68. The zero-order valence-corrected chi connectivity index (χ0v) is 12.0. The molecule has 1 aliphatic rings. The molecule has 0 amide bonds. The van der Waals surface area contributed by atoms with Crippen molar-refractivity contribution in [3.8, 4) is 0 Å². The van der Waals surface area contributed by atoms with Gasteiger partial charge in [0.15, 0.2) is 0 Å². The third kappa shape index (κ3) is 5.83. The molecule has 4 nitrogen and oxygen atoms in total. The quantitative estimate of drug-likeness (QED) is 0.729. The van der Waals surface area contributed by atoms with E-state index < -0.39 is 5.97 Å². The van der Waals surface area contributed by atoms with E-state index in [2.05, 4.69) is 31.0 Å². The topological polar surface area (TPSA) is 52.6 Å². The highest BCUT2D eigenvalue weighted by atomic mass is 16.4. The van der Waals surface area contributed by atoms with Crippen LogP contribution >= 0.6 is 0 Å². The van der Waals surface area contributed by atoms with Crippen molar-refractivity contribution in [1.82, 2.24) is 10.2 Å². The van der Waals surface area contributed by atoms with E-state index in [9.17, 15) is 4.79 Å². The molecule has 0 spiro atoms. The molecule has 1 aliphatic heterocycles. The van der Waals surface area contributed by atoms with Gasteiger partial charge in [-0.2, -0.15) is 0 Å². The van der Waals surface area contributed by atoms with Gasteiger partial charge in [0, 0.05) is 25.6 Å². The fraction of sp³-hybridized carbons (Fsp3) is 0.929. The van der Waals surface area contributed by atoms with Crippen LogP contribution in [0, 0.1) is 11.8 Å². The average molecular weight is 256 g/mol. The number of nitrogens with zero attached hydrogens (tertiary/aromatic N) is 1. The lowest BCUT2D eigenvalue weighted by atomic mass is 9.91. The van der Waals surface area contributed by atoms with Crippen LogP contribution in [-0.2, 0) is 4.79 Å². The lowest BCUT2D eigenvalue weighted by molar-refractivity contribution is -0.138. The maximum absolute atomic E-state index is 10.8. The van der Waals surface area contributed by atoms with Crippen LogP contribution in [0.4, 0.5) is 0 Å². The second-order valence-electron chi connectivity index (χ2n) is 5.89. The summed E-state index contributed by atoms with van der Waals surface area (Å²) < 4.78 is 0. The largest absolute Gasteiger partial charge is 0.481 e. The van der Waals surface area contributed by atoms with Crippen molar-refractivity contribution in [3.05, 3.63) is 0 Å². The number of rotatable bonds is 7. The molecule has 0 aromatic heterocycles. The first kappa shape index (κ1) is 15.4. The summed E-state index contributed by atoms with van der Waals surface area (Å²) >= 11 is 0. The first-order chi connectivity index (χ1) is 8.51. The molecule has 1 fully saturated rings. The van der Waals surface area contributed by atoms with Crippen molar-refractivity contribution >= 4 is 5.97 Å². The van der Waals surface area contributed by atoms with Gasteiger partial charge in [0.2, 0.25) is 0 Å². The van der Waals surface area contributed by atoms with Crippen LogP contribution < -0.4 is 5.32 Å². The summed E-state index contributed by atoms with van der Waals surface area (Å²) in [5.41, 5.74) is 0. The van der Waals surface area contributed by atoms with Gasteiger partial charge in [-0.25, -0.2) is 0 Å². The Hall–Kier alpha value is -0.610. The van der Waals surface area contributed by atoms with Crippen LogP contribution in [0.5, 0.6) is 0 Å². The van der Waals surface area contributed by atoms with Gasteiger partial charge in [-0.15, -0.1) is 0 Å². The van der Waals surface area contributed by atoms with E-state index in [1.165, 1.54) is 6.42 Å². The van der Waals surface area contributed by atoms with E-state index in [0.29, 0.717) is 18.4 Å². The Labute approximate surface area is 111 Å². The van der Waals surface area contributed by atoms with Gasteiger partial charge in [-0.3, -0.25) is 4.79 Å². The number of hydrogen-bond donors (Lipinski definition) is 2. The number of carboxylic acid groups (broad SMARTS) is 1. The van der Waals surface area contributed by atoms with E-state index in [0.717, 1.165) is 38.5 Å². The van der Waals surface area contributed by atoms with Crippen molar-refractivity contribution in [1.29, 1.82) is 0 Å². The van der Waals surface area contributed by atoms with Crippen molar-refractivity contribution in [2.24, 2.45) is 11.8 Å². The van der Waals surface area contributed by atoms with Crippen LogP contribution in [-0.4, -0.2) is 48.2 Å². The Kier molecular flexibility index (Phi) is 6.65. The molecule has 4 heteroatoms. The van der Waals surface area contributed by atoms with Crippen molar-refractivity contribution in [2.75, 3.05) is 26.2 Å². The highest BCUT2D eigenvalue weighted by Gasteiger charge is 2.27. The third-order valence-corrected chi connectivity index (χ3v) is 3.68. The first-order valence-electron chi connectivity index (χ1n) is 7.18. The Morgan fingerprint density at radius 2 is 2.17 bits per heavy atom. The number of likely N-dealkylation sites (tertiary alicyclic amines) is 1. The second kappa shape index (κ2) is 7.74. The molecule has 0 aromatic rings. The standard InChI is InChI=1S/C14H28N2O2/c1-4-16-9-12(8-14(17)18)7-13(10-16)15-6-5-11(2)3/h11-13,15H,4-10H2,1-3H3,(H,17,18). The molecule has 1 heterocycles. The number of hydrogen-bond acceptors (Lipinski definition) is 3. The van der Waals surface area contributed by atoms with Crippen molar-refractivity contribution in [3.63, 3.8) is 0 Å². The smallest absolute Gasteiger partial charge is 0.303 e. The SMILES string of the molecule is CCN1CC(CC(=O)O)CC(NCCC(C)C)C1. The van der Waals surface area contributed by atoms with Gasteiger partial charge < -0.3 is 15.3 Å². The molecular formula is C14H28N2O2. The van der Waals surface area contributed by atoms with Gasteiger partial charge in [0.1, 0.15) is 0 Å². The van der Waals surface area contributed by atoms with E-state index in [1.807, 2.05) is 0 Å². The molecule has 2 N–H and O–H groups in total. The molecule has 0 aromatic carbocycles. The molecule has 18 heavy (non-hydrogen) atoms. The highest BCUT2D eigenvalue weighted by molar-refractivity contribution is 5.67. The maximum atomic E-state index is 10.8. The van der Waals surface area contributed by atoms with Crippen LogP contribution in [0.1, 0.15) is 40.0 Å². The van der Waals surface area contributed by atoms with E-state index in [4.69, 9.17) is 5.11 Å². The predicted molar refractivity (Wildman–Crippen MR) is 73.7 cm³/mol. The van der Waals surface area contributed by atoms with Crippen LogP contribution in [0.3, 0.4) is 0 Å². The normalized spacial score (nSPS) is 25.6. The van der Waals surface area contributed by atoms with Crippen LogP contribution in [0.2, 0.25) is 0 Å². The molecule has 0 aliphatic carbocycles. The summed E-state index contributed by atoms with van der Waals surface area (Å²) in [4.78, 5) is 13.2. The molecule has 0 radical (unpaired) electrons. The number of nitrogens with one attached hydrogen (secondary N) is 1. The zero-order chi connectivity index (χ0) is 13.5. The summed E-state index contributed by atoms with van der Waals surface area (Å²) in [7, 11) is 0. The minimum absolute atomic E-state index is 0.299. The molecule has 106 valence electrons. The predicted octanol–water partition coefficient (Wildman–Crippen LogP) is 1.81. The van der Waals surface area contributed by atoms with E-state index in [1.54, 1.807) is 0 Å². The second-order valence-corrected chi connectivity index (χ2v) is 5.89. The van der Waals surface area contributed by atoms with E-state index >= 15 is 0 Å². The highest BCUT2D eigenvalue weighted by Crippen LogP contribution is 2.20. The van der Waals surface area contributed by atoms with Gasteiger partial charge >= 0.3 is 5.97 Å². The lowest BCUT2D eigenvalue weighted by Crippen LogP contribution is -2.49. The zero-order valence-electron chi connectivity index (χ0n) is 12.0. The first-order valence-corrected chi connectivity index (χ1v) is 7.18. The van der Waals surface area contributed by atoms with E-state index in [-0.39, 0.29) is 0 Å². The van der Waals surface area contributed by atoms with Crippen molar-refractivity contribution in [2.45, 2.75) is 46.1 Å². The minimum Gasteiger partial charge on any atom is -0.481 e. The van der Waals surface area contributed by atoms with Gasteiger partial charge in [0.05, 0.1) is 0 Å². The summed E-state index contributed by atoms with van der Waals surface area (Å²) in [6.07, 6.45) is 2.49. The Morgan fingerprint density at radius 1 is 1.44 bits per heavy atom. The maximum Gasteiger partial charge on any atom is 0.303 e. The number of likely N-dealkylation sites (N-methyl/N-ethyl adjacent to an activating group) is 1. The molecule has 1 saturated heterocycles. The Bertz CT molecular complexity index is 256. The fourth-order valence-corrected chi connectivity index (χ4v) is 2.68. The monoisotopic (exact) mass is 256 g/mol. The summed E-state index contributed by atoms with van der Waals surface area (Å²) in [5, 5.41) is 12.5. The van der Waals surface area contributed by atoms with Crippen LogP contribution in [0.15, 0.2) is 0 Å². The molecular weight excluding hydrogens is 228 g/mol. The van der Waals surface area contributed by atoms with Gasteiger partial charge in [-0.1, -0.05) is 20.8 Å². The molecule has 2 atom stereocenters. The number of carboxylic acids is 1. The lowest BCUT2D eigenvalue weighted by Gasteiger charge is -2.37. The molecule has 2 unspecified atom stereocenters. The number of aliphatic carboxylic acids is 1. The third-order valence-electron chi connectivity index (χ3n) is 3.68. The number of piperidine rings is 1. The summed E-state index contributed by atoms with van der Waals surface area (Å²) in [5.74, 6) is 0.352. The van der Waals surface area contributed by atoms with Crippen molar-refractivity contribution < 1.29 is 9.90 Å². The summed E-state index contributed by atoms with van der Waals surface area (Å²) in [6, 6.07) is 0.460. The Morgan fingerprint density at radius 3 is 2.72 bits per heavy atom. The van der Waals surface area contributed by atoms with Gasteiger partial charge in [-0.05, 0) is 37.8 Å². The Balaban J connectivity index is 2.38. The molecule has 0 saturated carbocycles. The average Bonchev–Trinajstić information content (AvgIpc) is 2.27. The molecule has 1 rings (SSSR count). The summed E-state index contributed by atoms with van der Waals surface area (Å²) in [6.45, 7) is 10.7. The van der Waals surface area contributed by atoms with Gasteiger partial charge in [0.25, 0.3) is 0 Å². The van der Waals surface area contributed by atoms with Crippen LogP contribution in [0.25, 0.3) is 0 Å². The molecule has 0 bridgehead atoms. The number of carbonyl (C=O) groups is 1.